The van der Waals surface area contributed by atoms with Gasteiger partial charge in [-0.1, -0.05) is 6.07 Å². The van der Waals surface area contributed by atoms with Gasteiger partial charge in [-0.05, 0) is 66.2 Å². The van der Waals surface area contributed by atoms with Crippen molar-refractivity contribution in [2.45, 2.75) is 0 Å². The second kappa shape index (κ2) is 10.1. The van der Waals surface area contributed by atoms with Crippen molar-refractivity contribution >= 4 is 11.0 Å². The number of aromatic amines is 1. The van der Waals surface area contributed by atoms with Crippen LogP contribution in [0.3, 0.4) is 0 Å². The molecule has 7 nitrogen and oxygen atoms in total. The Bertz CT molecular complexity index is 1500. The van der Waals surface area contributed by atoms with Crippen molar-refractivity contribution in [2.24, 2.45) is 0 Å². The van der Waals surface area contributed by atoms with E-state index in [2.05, 4.69) is 20.4 Å². The number of aromatic nitrogens is 4. The lowest BCUT2D eigenvalue weighted by atomic mass is 10.0. The average molecular weight is 501 g/mol. The lowest BCUT2D eigenvalue weighted by Crippen LogP contribution is -2.44. The molecule has 1 aliphatic heterocycles. The fourth-order valence-electron chi connectivity index (χ4n) is 4.70. The number of piperazine rings is 1. The van der Waals surface area contributed by atoms with Gasteiger partial charge in [-0.2, -0.15) is 10.1 Å². The quantitative estimate of drug-likeness (QED) is 0.341. The van der Waals surface area contributed by atoms with Crippen molar-refractivity contribution in [3.05, 3.63) is 84.6 Å². The summed E-state index contributed by atoms with van der Waals surface area (Å²) in [6.07, 6.45) is 1.82. The largest absolute Gasteiger partial charge is 0.463 e. The Labute approximate surface area is 212 Å². The zero-order valence-corrected chi connectivity index (χ0v) is 20.1. The van der Waals surface area contributed by atoms with Gasteiger partial charge >= 0.3 is 6.01 Å². The van der Waals surface area contributed by atoms with Crippen molar-refractivity contribution in [3.63, 3.8) is 0 Å². The van der Waals surface area contributed by atoms with Crippen molar-refractivity contribution < 1.29 is 13.5 Å². The molecule has 3 heterocycles. The summed E-state index contributed by atoms with van der Waals surface area (Å²) in [5, 5.41) is 10.7. The van der Waals surface area contributed by atoms with Crippen LogP contribution < -0.4 is 10.1 Å². The summed E-state index contributed by atoms with van der Waals surface area (Å²) in [5.41, 5.74) is 5.66. The van der Waals surface area contributed by atoms with E-state index in [0.717, 1.165) is 71.8 Å². The van der Waals surface area contributed by atoms with E-state index in [9.17, 15) is 8.78 Å². The third kappa shape index (κ3) is 4.83. The monoisotopic (exact) mass is 500 g/mol. The molecule has 9 heteroatoms. The van der Waals surface area contributed by atoms with E-state index in [-0.39, 0.29) is 11.6 Å². The first-order chi connectivity index (χ1) is 18.2. The van der Waals surface area contributed by atoms with Crippen LogP contribution in [0.15, 0.2) is 72.9 Å². The van der Waals surface area contributed by atoms with Crippen LogP contribution in [0.5, 0.6) is 6.01 Å². The van der Waals surface area contributed by atoms with Crippen molar-refractivity contribution in [1.82, 2.24) is 30.0 Å². The summed E-state index contributed by atoms with van der Waals surface area (Å²) in [7, 11) is 0. The Morgan fingerprint density at radius 1 is 0.865 bits per heavy atom. The molecule has 0 saturated carbocycles. The molecule has 1 aliphatic rings. The van der Waals surface area contributed by atoms with Gasteiger partial charge in [-0.3, -0.25) is 14.6 Å². The summed E-state index contributed by atoms with van der Waals surface area (Å²) >= 11 is 0. The zero-order valence-electron chi connectivity index (χ0n) is 20.1. The number of H-pyrrole nitrogens is 1. The first-order valence-electron chi connectivity index (χ1n) is 12.3. The number of imidazole rings is 1. The number of nitrogens with one attached hydrogen (secondary N) is 2. The van der Waals surface area contributed by atoms with E-state index in [0.29, 0.717) is 12.6 Å². The molecule has 37 heavy (non-hydrogen) atoms. The summed E-state index contributed by atoms with van der Waals surface area (Å²) in [5.74, 6) is -0.604. The third-order valence-corrected chi connectivity index (χ3v) is 6.63. The van der Waals surface area contributed by atoms with Gasteiger partial charge in [0.05, 0.1) is 22.4 Å². The van der Waals surface area contributed by atoms with Crippen LogP contribution in [0.4, 0.5) is 8.78 Å². The molecule has 0 radical (unpaired) electrons. The molecule has 2 N–H and O–H groups in total. The minimum absolute atomic E-state index is 0.296. The molecular weight excluding hydrogens is 474 g/mol. The molecule has 0 amide bonds. The first-order valence-corrected chi connectivity index (χ1v) is 12.3. The minimum Gasteiger partial charge on any atom is -0.463 e. The topological polar surface area (TPSA) is 71.0 Å². The highest BCUT2D eigenvalue weighted by molar-refractivity contribution is 5.88. The van der Waals surface area contributed by atoms with Crippen LogP contribution in [0, 0.1) is 11.6 Å². The molecule has 3 aromatic carbocycles. The third-order valence-electron chi connectivity index (χ3n) is 6.63. The highest BCUT2D eigenvalue weighted by Gasteiger charge is 2.18. The van der Waals surface area contributed by atoms with E-state index in [1.54, 1.807) is 24.3 Å². The van der Waals surface area contributed by atoms with Crippen LogP contribution in [-0.2, 0) is 0 Å². The molecule has 1 fully saturated rings. The number of benzene rings is 3. The highest BCUT2D eigenvalue weighted by atomic mass is 19.1. The molecule has 1 saturated heterocycles. The van der Waals surface area contributed by atoms with E-state index in [1.807, 2.05) is 29.0 Å². The Hall–Kier alpha value is -4.08. The van der Waals surface area contributed by atoms with Crippen LogP contribution in [0.1, 0.15) is 0 Å². The summed E-state index contributed by atoms with van der Waals surface area (Å²) in [4.78, 5) is 7.11. The maximum atomic E-state index is 13.7. The number of nitrogens with zero attached hydrogens (tertiary/aromatic N) is 4. The maximum Gasteiger partial charge on any atom is 0.302 e. The van der Waals surface area contributed by atoms with Gasteiger partial charge in [0.1, 0.15) is 18.2 Å². The van der Waals surface area contributed by atoms with Gasteiger partial charge in [-0.25, -0.2) is 8.78 Å². The van der Waals surface area contributed by atoms with Gasteiger partial charge in [-0.15, -0.1) is 0 Å². The Morgan fingerprint density at radius 2 is 1.57 bits per heavy atom. The van der Waals surface area contributed by atoms with E-state index in [4.69, 9.17) is 9.72 Å². The van der Waals surface area contributed by atoms with Crippen LogP contribution in [-0.4, -0.2) is 64.0 Å². The van der Waals surface area contributed by atoms with Crippen molar-refractivity contribution in [3.8, 4) is 34.1 Å². The standard InChI is InChI=1S/C28H26F2N6O/c29-21-4-1-19(2-5-21)27-24(18-32-34-27)20-3-10-25-26(17-20)36(23-8-6-22(30)7-9-23)28(33-25)37-16-15-35-13-11-31-12-14-35/h1-10,17-18,31H,11-16H2,(H,32,34). The van der Waals surface area contributed by atoms with E-state index in [1.165, 1.54) is 24.3 Å². The minimum atomic E-state index is -0.308. The molecule has 6 rings (SSSR count). The normalized spacial score (nSPS) is 14.3. The predicted molar refractivity (Wildman–Crippen MR) is 139 cm³/mol. The summed E-state index contributed by atoms with van der Waals surface area (Å²) in [6, 6.07) is 18.9. The van der Waals surface area contributed by atoms with Crippen molar-refractivity contribution in [2.75, 3.05) is 39.3 Å². The molecule has 0 atom stereocenters. The van der Waals surface area contributed by atoms with Gasteiger partial charge < -0.3 is 10.1 Å². The second-order valence-corrected chi connectivity index (χ2v) is 9.00. The van der Waals surface area contributed by atoms with E-state index < -0.39 is 0 Å². The number of hydrogen-bond acceptors (Lipinski definition) is 5. The lowest BCUT2D eigenvalue weighted by molar-refractivity contribution is 0.184. The molecule has 2 aromatic heterocycles. The molecule has 0 spiro atoms. The molecule has 188 valence electrons. The predicted octanol–water partition coefficient (Wildman–Crippen LogP) is 4.64. The number of rotatable bonds is 7. The maximum absolute atomic E-state index is 13.7. The Balaban J connectivity index is 1.38. The van der Waals surface area contributed by atoms with E-state index >= 15 is 0 Å². The van der Waals surface area contributed by atoms with Crippen LogP contribution in [0.25, 0.3) is 39.1 Å². The van der Waals surface area contributed by atoms with Gasteiger partial charge in [0.25, 0.3) is 0 Å². The number of halogens is 2. The van der Waals surface area contributed by atoms with Gasteiger partial charge in [0.2, 0.25) is 0 Å². The van der Waals surface area contributed by atoms with Gasteiger partial charge in [0.15, 0.2) is 0 Å². The second-order valence-electron chi connectivity index (χ2n) is 9.00. The number of hydrogen-bond donors (Lipinski definition) is 2. The SMILES string of the molecule is Fc1ccc(-c2n[nH]cc2-c2ccc3nc(OCCN4CCNCC4)n(-c4ccc(F)cc4)c3c2)cc1. The van der Waals surface area contributed by atoms with Gasteiger partial charge in [0, 0.05) is 50.0 Å². The number of fused-ring (bicyclic) bond motifs is 1. The number of ether oxygens (including phenoxy) is 1. The molecule has 0 unspecified atom stereocenters. The highest BCUT2D eigenvalue weighted by Crippen LogP contribution is 2.34. The fourth-order valence-corrected chi connectivity index (χ4v) is 4.70. The molecule has 0 bridgehead atoms. The van der Waals surface area contributed by atoms with Crippen molar-refractivity contribution in [1.29, 1.82) is 0 Å². The first kappa shape index (κ1) is 23.3. The Morgan fingerprint density at radius 3 is 2.32 bits per heavy atom. The average Bonchev–Trinajstić information content (AvgIpc) is 3.55. The molecule has 0 aliphatic carbocycles. The lowest BCUT2D eigenvalue weighted by Gasteiger charge is -2.26. The summed E-state index contributed by atoms with van der Waals surface area (Å²) < 4.78 is 35.3. The molecular formula is C28H26F2N6O. The molecule has 5 aromatic rings. The Kier molecular flexibility index (Phi) is 6.38. The summed E-state index contributed by atoms with van der Waals surface area (Å²) in [6.45, 7) is 5.23. The zero-order chi connectivity index (χ0) is 25.2. The van der Waals surface area contributed by atoms with Crippen LogP contribution in [0.2, 0.25) is 0 Å². The van der Waals surface area contributed by atoms with Crippen LogP contribution >= 0.6 is 0 Å². The smallest absolute Gasteiger partial charge is 0.302 e. The fraction of sp³-hybridized carbons (Fsp3) is 0.214.